The summed E-state index contributed by atoms with van der Waals surface area (Å²) in [5.41, 5.74) is -0.148. The largest absolute Gasteiger partial charge is 0.453 e. The van der Waals surface area contributed by atoms with Crippen molar-refractivity contribution in [1.82, 2.24) is 24.1 Å². The number of hydrogen-bond donors (Lipinski definition) is 1. The highest BCUT2D eigenvalue weighted by atomic mass is 32.1. The fourth-order valence-corrected chi connectivity index (χ4v) is 4.88. The molecule has 0 aliphatic heterocycles. The molecule has 4 heterocycles. The van der Waals surface area contributed by atoms with E-state index in [0.29, 0.717) is 30.1 Å². The van der Waals surface area contributed by atoms with E-state index in [4.69, 9.17) is 4.74 Å². The van der Waals surface area contributed by atoms with Crippen LogP contribution in [0.5, 0.6) is 0 Å². The Kier molecular flexibility index (Phi) is 6.14. The van der Waals surface area contributed by atoms with Crippen molar-refractivity contribution in [3.05, 3.63) is 55.2 Å². The van der Waals surface area contributed by atoms with Crippen LogP contribution >= 0.6 is 22.7 Å². The number of imidazole rings is 1. The summed E-state index contributed by atoms with van der Waals surface area (Å²) >= 11 is 2.93. The summed E-state index contributed by atoms with van der Waals surface area (Å²) in [5.74, 6) is -0.160. The van der Waals surface area contributed by atoms with Gasteiger partial charge >= 0.3 is 11.7 Å². The van der Waals surface area contributed by atoms with Crippen LogP contribution in [0.2, 0.25) is 0 Å². The van der Waals surface area contributed by atoms with Gasteiger partial charge in [0.15, 0.2) is 16.9 Å². The number of esters is 1. The topological polar surface area (TPSA) is 112 Å². The summed E-state index contributed by atoms with van der Waals surface area (Å²) in [6.45, 7) is 4.64. The van der Waals surface area contributed by atoms with Crippen molar-refractivity contribution in [2.24, 2.45) is 0 Å². The highest BCUT2D eigenvalue weighted by Gasteiger charge is 2.20. The van der Waals surface area contributed by atoms with E-state index in [-0.39, 0.29) is 12.3 Å². The number of aromatic amines is 1. The van der Waals surface area contributed by atoms with Gasteiger partial charge in [-0.05, 0) is 24.8 Å². The first-order valence-electron chi connectivity index (χ1n) is 9.92. The number of nitrogens with one attached hydrogen (secondary N) is 1. The van der Waals surface area contributed by atoms with Crippen molar-refractivity contribution >= 4 is 39.8 Å². The average molecular weight is 460 g/mol. The molecule has 0 aliphatic rings. The molecule has 0 spiro atoms. The number of nitrogens with zero attached hydrogens (tertiary/aromatic N) is 4. The highest BCUT2D eigenvalue weighted by molar-refractivity contribution is 7.20. The first-order chi connectivity index (χ1) is 15.0. The predicted octanol–water partition coefficient (Wildman–Crippen LogP) is 3.25. The summed E-state index contributed by atoms with van der Waals surface area (Å²) < 4.78 is 8.57. The van der Waals surface area contributed by atoms with Crippen molar-refractivity contribution in [2.45, 2.75) is 46.4 Å². The van der Waals surface area contributed by atoms with Gasteiger partial charge in [0.25, 0.3) is 5.56 Å². The number of aryl methyl sites for hydroxylation is 2. The minimum atomic E-state index is -0.564. The van der Waals surface area contributed by atoms with Crippen LogP contribution in [-0.4, -0.2) is 30.1 Å². The molecule has 31 heavy (non-hydrogen) atoms. The number of unbranched alkanes of at least 4 members (excludes halogenated alkanes) is 1. The summed E-state index contributed by atoms with van der Waals surface area (Å²) in [6.07, 6.45) is 1.67. The molecule has 4 rings (SSSR count). The third kappa shape index (κ3) is 4.10. The van der Waals surface area contributed by atoms with Crippen LogP contribution < -0.4 is 11.2 Å². The van der Waals surface area contributed by atoms with Crippen molar-refractivity contribution in [3.63, 3.8) is 0 Å². The van der Waals surface area contributed by atoms with E-state index < -0.39 is 17.2 Å². The Morgan fingerprint density at radius 1 is 1.19 bits per heavy atom. The van der Waals surface area contributed by atoms with Crippen LogP contribution in [0.1, 0.15) is 43.0 Å². The number of thiophene rings is 1. The maximum atomic E-state index is 12.5. The Hall–Kier alpha value is -3.05. The molecule has 0 aliphatic carbocycles. The van der Waals surface area contributed by atoms with Crippen LogP contribution in [0.4, 0.5) is 0 Å². The quantitative estimate of drug-likeness (QED) is 0.405. The van der Waals surface area contributed by atoms with Gasteiger partial charge in [-0.2, -0.15) is 0 Å². The molecule has 0 unspecified atom stereocenters. The zero-order valence-electron chi connectivity index (χ0n) is 17.1. The van der Waals surface area contributed by atoms with Gasteiger partial charge < -0.3 is 9.30 Å². The zero-order chi connectivity index (χ0) is 22.0. The van der Waals surface area contributed by atoms with E-state index in [9.17, 15) is 14.4 Å². The number of ether oxygens (including phenoxy) is 1. The number of rotatable bonds is 8. The highest BCUT2D eigenvalue weighted by Crippen LogP contribution is 2.28. The summed E-state index contributed by atoms with van der Waals surface area (Å²) in [4.78, 5) is 49.4. The number of thiazole rings is 1. The van der Waals surface area contributed by atoms with Crippen molar-refractivity contribution < 1.29 is 9.53 Å². The first kappa shape index (κ1) is 21.2. The van der Waals surface area contributed by atoms with E-state index in [2.05, 4.69) is 15.0 Å². The summed E-state index contributed by atoms with van der Waals surface area (Å²) in [5, 5.41) is 4.37. The van der Waals surface area contributed by atoms with E-state index in [1.54, 1.807) is 21.3 Å². The smallest absolute Gasteiger partial charge is 0.358 e. The number of aromatic nitrogens is 5. The Balaban J connectivity index is 1.61. The van der Waals surface area contributed by atoms with Crippen LogP contribution in [0.15, 0.2) is 32.5 Å². The van der Waals surface area contributed by atoms with Crippen LogP contribution in [0, 0.1) is 0 Å². The maximum absolute atomic E-state index is 12.5. The third-order valence-electron chi connectivity index (χ3n) is 4.79. The molecule has 0 saturated carbocycles. The van der Waals surface area contributed by atoms with E-state index >= 15 is 0 Å². The third-order valence-corrected chi connectivity index (χ3v) is 6.68. The van der Waals surface area contributed by atoms with Crippen LogP contribution in [-0.2, 0) is 24.4 Å². The monoisotopic (exact) mass is 459 g/mol. The lowest BCUT2D eigenvalue weighted by Gasteiger charge is -2.06. The minimum Gasteiger partial charge on any atom is -0.453 e. The molecule has 0 atom stereocenters. The second-order valence-corrected chi connectivity index (χ2v) is 8.61. The number of fused-ring (bicyclic) bond motifs is 1. The second kappa shape index (κ2) is 8.98. The molecule has 0 amide bonds. The van der Waals surface area contributed by atoms with Gasteiger partial charge in [0.1, 0.15) is 17.4 Å². The molecular formula is C20H21N5O4S2. The average Bonchev–Trinajstić information content (AvgIpc) is 3.50. The lowest BCUT2D eigenvalue weighted by Crippen LogP contribution is -2.31. The molecular weight excluding hydrogens is 438 g/mol. The fourth-order valence-electron chi connectivity index (χ4n) is 3.28. The van der Waals surface area contributed by atoms with Gasteiger partial charge in [0, 0.05) is 18.5 Å². The van der Waals surface area contributed by atoms with Gasteiger partial charge in [-0.1, -0.05) is 19.4 Å². The van der Waals surface area contributed by atoms with Gasteiger partial charge in [0.05, 0.1) is 4.88 Å². The SMILES string of the molecule is CCCCn1c(=O)[nH]c(=O)c2c1nc(COC(=O)c1csc(-c3cccs3)n1)n2CC. The molecule has 0 bridgehead atoms. The van der Waals surface area contributed by atoms with E-state index in [1.165, 1.54) is 15.9 Å². The van der Waals surface area contributed by atoms with Gasteiger partial charge in [-0.3, -0.25) is 14.3 Å². The van der Waals surface area contributed by atoms with Crippen molar-refractivity contribution in [2.75, 3.05) is 0 Å². The van der Waals surface area contributed by atoms with Crippen LogP contribution in [0.3, 0.4) is 0 Å². The van der Waals surface area contributed by atoms with Crippen molar-refractivity contribution in [1.29, 1.82) is 0 Å². The van der Waals surface area contributed by atoms with E-state index in [1.807, 2.05) is 31.4 Å². The molecule has 4 aromatic heterocycles. The predicted molar refractivity (Wildman–Crippen MR) is 120 cm³/mol. The number of hydrogen-bond acceptors (Lipinski definition) is 8. The van der Waals surface area contributed by atoms with E-state index in [0.717, 1.165) is 22.7 Å². The second-order valence-electron chi connectivity index (χ2n) is 6.80. The van der Waals surface area contributed by atoms with Crippen LogP contribution in [0.25, 0.3) is 21.0 Å². The summed E-state index contributed by atoms with van der Waals surface area (Å²) in [6, 6.07) is 3.87. The Bertz CT molecular complexity index is 1330. The Morgan fingerprint density at radius 2 is 2.03 bits per heavy atom. The minimum absolute atomic E-state index is 0.130. The first-order valence-corrected chi connectivity index (χ1v) is 11.7. The molecule has 11 heteroatoms. The van der Waals surface area contributed by atoms with Gasteiger partial charge in [-0.25, -0.2) is 19.6 Å². The molecule has 0 radical (unpaired) electrons. The number of carbonyl (C=O) groups excluding carboxylic acids is 1. The molecule has 162 valence electrons. The van der Waals surface area contributed by atoms with Gasteiger partial charge in [0.2, 0.25) is 0 Å². The molecule has 0 aromatic carbocycles. The Labute approximate surface area is 185 Å². The summed E-state index contributed by atoms with van der Waals surface area (Å²) in [7, 11) is 0. The lowest BCUT2D eigenvalue weighted by molar-refractivity contribution is 0.0452. The standard InChI is InChI=1S/C20H21N5O4S2/c1-3-5-8-25-16-15(17(26)23-20(25)28)24(4-2)14(22-16)10-29-19(27)12-11-31-18(21-12)13-7-6-9-30-13/h6-7,9,11H,3-5,8,10H2,1-2H3,(H,23,26,28). The number of carbonyl (C=O) groups is 1. The fraction of sp³-hybridized carbons (Fsp3) is 0.350. The lowest BCUT2D eigenvalue weighted by atomic mass is 10.3. The molecule has 9 nitrogen and oxygen atoms in total. The zero-order valence-corrected chi connectivity index (χ0v) is 18.7. The Morgan fingerprint density at radius 3 is 2.74 bits per heavy atom. The molecule has 1 N–H and O–H groups in total. The maximum Gasteiger partial charge on any atom is 0.358 e. The normalized spacial score (nSPS) is 11.3. The molecule has 0 saturated heterocycles. The number of H-pyrrole nitrogens is 1. The van der Waals surface area contributed by atoms with Crippen molar-refractivity contribution in [3.8, 4) is 9.88 Å². The molecule has 0 fully saturated rings. The molecule has 4 aromatic rings. The van der Waals surface area contributed by atoms with Gasteiger partial charge in [-0.15, -0.1) is 22.7 Å².